The van der Waals surface area contributed by atoms with Crippen molar-refractivity contribution in [3.8, 4) is 6.07 Å². The Morgan fingerprint density at radius 1 is 1.41 bits per heavy atom. The Labute approximate surface area is 148 Å². The van der Waals surface area contributed by atoms with Gasteiger partial charge >= 0.3 is 6.09 Å². The summed E-state index contributed by atoms with van der Waals surface area (Å²) in [6.07, 6.45) is -0.518. The first-order chi connectivity index (χ1) is 10.0. The van der Waals surface area contributed by atoms with E-state index in [-0.39, 0.29) is 6.54 Å². The van der Waals surface area contributed by atoms with E-state index in [9.17, 15) is 10.1 Å². The van der Waals surface area contributed by atoms with Crippen LogP contribution in [0.4, 0.5) is 10.5 Å². The SMILES string of the molecule is C=C(C)CN(C(=O)OC(C)(C)C)c1c(Br)cc(Br)cc1C#N. The Balaban J connectivity index is 3.38. The quantitative estimate of drug-likeness (QED) is 0.604. The fourth-order valence-corrected chi connectivity index (χ4v) is 3.19. The van der Waals surface area contributed by atoms with Gasteiger partial charge in [0.25, 0.3) is 0 Å². The fraction of sp³-hybridized carbons (Fsp3) is 0.375. The molecule has 1 aromatic carbocycles. The van der Waals surface area contributed by atoms with Crippen LogP contribution in [-0.4, -0.2) is 18.2 Å². The zero-order valence-corrected chi connectivity index (χ0v) is 16.2. The molecular formula is C16H18Br2N2O2. The number of nitriles is 1. The maximum atomic E-state index is 12.5. The van der Waals surface area contributed by atoms with Crippen molar-refractivity contribution < 1.29 is 9.53 Å². The molecule has 0 radical (unpaired) electrons. The second kappa shape index (κ2) is 7.30. The summed E-state index contributed by atoms with van der Waals surface area (Å²) in [4.78, 5) is 13.9. The van der Waals surface area contributed by atoms with Crippen molar-refractivity contribution in [1.82, 2.24) is 0 Å². The molecule has 0 aliphatic heterocycles. The molecule has 1 rings (SSSR count). The molecule has 0 heterocycles. The smallest absolute Gasteiger partial charge is 0.415 e. The molecule has 1 amide bonds. The number of hydrogen-bond acceptors (Lipinski definition) is 3. The molecule has 0 fully saturated rings. The first-order valence-corrected chi connectivity index (χ1v) is 8.18. The molecular weight excluding hydrogens is 412 g/mol. The van der Waals surface area contributed by atoms with E-state index in [1.54, 1.807) is 32.9 Å². The van der Waals surface area contributed by atoms with E-state index in [1.165, 1.54) is 4.90 Å². The van der Waals surface area contributed by atoms with Crippen molar-refractivity contribution in [3.63, 3.8) is 0 Å². The summed E-state index contributed by atoms with van der Waals surface area (Å²) >= 11 is 6.76. The van der Waals surface area contributed by atoms with Crippen molar-refractivity contribution in [2.24, 2.45) is 0 Å². The van der Waals surface area contributed by atoms with Crippen molar-refractivity contribution in [3.05, 3.63) is 38.8 Å². The van der Waals surface area contributed by atoms with E-state index in [0.29, 0.717) is 15.7 Å². The zero-order chi connectivity index (χ0) is 17.1. The van der Waals surface area contributed by atoms with Crippen molar-refractivity contribution in [1.29, 1.82) is 5.26 Å². The van der Waals surface area contributed by atoms with E-state index in [4.69, 9.17) is 4.74 Å². The van der Waals surface area contributed by atoms with Gasteiger partial charge in [0.1, 0.15) is 11.7 Å². The lowest BCUT2D eigenvalue weighted by molar-refractivity contribution is 0.0583. The van der Waals surface area contributed by atoms with Crippen LogP contribution in [0.25, 0.3) is 0 Å². The standard InChI is InChI=1S/C16H18Br2N2O2/c1-10(2)9-20(15(21)22-16(3,4)5)14-11(8-19)6-12(17)7-13(14)18/h6-7H,1,9H2,2-5H3. The Morgan fingerprint density at radius 3 is 2.45 bits per heavy atom. The van der Waals surface area contributed by atoms with Gasteiger partial charge in [0.05, 0.1) is 11.3 Å². The van der Waals surface area contributed by atoms with Gasteiger partial charge in [-0.3, -0.25) is 4.90 Å². The highest BCUT2D eigenvalue weighted by Gasteiger charge is 2.27. The third-order valence-corrected chi connectivity index (χ3v) is 3.52. The van der Waals surface area contributed by atoms with Gasteiger partial charge in [-0.25, -0.2) is 4.79 Å². The second-order valence-electron chi connectivity index (χ2n) is 5.92. The topological polar surface area (TPSA) is 53.3 Å². The Hall–Kier alpha value is -1.32. The Kier molecular flexibility index (Phi) is 6.21. The van der Waals surface area contributed by atoms with Gasteiger partial charge in [-0.2, -0.15) is 5.26 Å². The number of carbonyl (C=O) groups is 1. The zero-order valence-electron chi connectivity index (χ0n) is 13.0. The molecule has 22 heavy (non-hydrogen) atoms. The van der Waals surface area contributed by atoms with Crippen LogP contribution in [0.3, 0.4) is 0 Å². The average molecular weight is 430 g/mol. The molecule has 0 atom stereocenters. The minimum Gasteiger partial charge on any atom is -0.443 e. The second-order valence-corrected chi connectivity index (χ2v) is 7.69. The summed E-state index contributed by atoms with van der Waals surface area (Å²) in [5, 5.41) is 9.37. The normalized spacial score (nSPS) is 10.8. The van der Waals surface area contributed by atoms with Gasteiger partial charge in [0.15, 0.2) is 0 Å². The number of anilines is 1. The van der Waals surface area contributed by atoms with Crippen LogP contribution >= 0.6 is 31.9 Å². The lowest BCUT2D eigenvalue weighted by Gasteiger charge is -2.29. The van der Waals surface area contributed by atoms with Crippen LogP contribution in [0.2, 0.25) is 0 Å². The van der Waals surface area contributed by atoms with E-state index in [2.05, 4.69) is 44.5 Å². The molecule has 1 aromatic rings. The lowest BCUT2D eigenvalue weighted by Crippen LogP contribution is -2.38. The van der Waals surface area contributed by atoms with Crippen LogP contribution in [0.5, 0.6) is 0 Å². The van der Waals surface area contributed by atoms with Gasteiger partial charge in [-0.1, -0.05) is 28.1 Å². The molecule has 0 spiro atoms. The first-order valence-electron chi connectivity index (χ1n) is 6.59. The molecule has 0 saturated carbocycles. The van der Waals surface area contributed by atoms with E-state index >= 15 is 0 Å². The molecule has 118 valence electrons. The van der Waals surface area contributed by atoms with Crippen LogP contribution in [0.1, 0.15) is 33.3 Å². The highest BCUT2D eigenvalue weighted by molar-refractivity contribution is 9.11. The highest BCUT2D eigenvalue weighted by atomic mass is 79.9. The van der Waals surface area contributed by atoms with Gasteiger partial charge in [-0.15, -0.1) is 0 Å². The number of ether oxygens (including phenoxy) is 1. The summed E-state index contributed by atoms with van der Waals surface area (Å²) in [5.41, 5.74) is 1.000. The summed E-state index contributed by atoms with van der Waals surface area (Å²) in [6.45, 7) is 11.3. The van der Waals surface area contributed by atoms with E-state index in [0.717, 1.165) is 10.0 Å². The van der Waals surface area contributed by atoms with E-state index in [1.807, 2.05) is 6.92 Å². The number of hydrogen-bond donors (Lipinski definition) is 0. The van der Waals surface area contributed by atoms with Gasteiger partial charge in [0, 0.05) is 15.5 Å². The number of benzene rings is 1. The van der Waals surface area contributed by atoms with Crippen molar-refractivity contribution >= 4 is 43.6 Å². The lowest BCUT2D eigenvalue weighted by atomic mass is 10.1. The van der Waals surface area contributed by atoms with E-state index < -0.39 is 11.7 Å². The molecule has 0 bridgehead atoms. The van der Waals surface area contributed by atoms with Gasteiger partial charge in [0.2, 0.25) is 0 Å². The van der Waals surface area contributed by atoms with Crippen molar-refractivity contribution in [2.75, 3.05) is 11.4 Å². The minimum absolute atomic E-state index is 0.268. The van der Waals surface area contributed by atoms with Gasteiger partial charge in [-0.05, 0) is 55.8 Å². The monoisotopic (exact) mass is 428 g/mol. The van der Waals surface area contributed by atoms with Crippen molar-refractivity contribution in [2.45, 2.75) is 33.3 Å². The summed E-state index contributed by atoms with van der Waals surface area (Å²) in [7, 11) is 0. The molecule has 0 unspecified atom stereocenters. The molecule has 0 N–H and O–H groups in total. The average Bonchev–Trinajstić information content (AvgIpc) is 2.33. The Bertz CT molecular complexity index is 643. The molecule has 6 heteroatoms. The maximum Gasteiger partial charge on any atom is 0.415 e. The third-order valence-electron chi connectivity index (χ3n) is 2.46. The number of amides is 1. The van der Waals surface area contributed by atoms with Crippen LogP contribution < -0.4 is 4.90 Å². The molecule has 0 saturated heterocycles. The van der Waals surface area contributed by atoms with Crippen LogP contribution in [0, 0.1) is 11.3 Å². The van der Waals surface area contributed by atoms with Crippen LogP contribution in [0.15, 0.2) is 33.2 Å². The Morgan fingerprint density at radius 2 is 2.00 bits per heavy atom. The number of rotatable bonds is 3. The number of carbonyl (C=O) groups excluding carboxylic acids is 1. The largest absolute Gasteiger partial charge is 0.443 e. The molecule has 0 aromatic heterocycles. The predicted molar refractivity (Wildman–Crippen MR) is 95.0 cm³/mol. The summed E-state index contributed by atoms with van der Waals surface area (Å²) in [5.74, 6) is 0. The number of halogens is 2. The maximum absolute atomic E-state index is 12.5. The summed E-state index contributed by atoms with van der Waals surface area (Å²) in [6, 6.07) is 5.56. The molecule has 0 aliphatic rings. The summed E-state index contributed by atoms with van der Waals surface area (Å²) < 4.78 is 6.82. The highest BCUT2D eigenvalue weighted by Crippen LogP contribution is 2.34. The van der Waals surface area contributed by atoms with Gasteiger partial charge < -0.3 is 4.74 Å². The van der Waals surface area contributed by atoms with Crippen LogP contribution in [-0.2, 0) is 4.74 Å². The molecule has 0 aliphatic carbocycles. The molecule has 4 nitrogen and oxygen atoms in total. The fourth-order valence-electron chi connectivity index (χ4n) is 1.75. The third kappa shape index (κ3) is 5.15. The predicted octanol–water partition coefficient (Wildman–Crippen LogP) is 5.40. The minimum atomic E-state index is -0.626. The number of nitrogens with zero attached hydrogens (tertiary/aromatic N) is 2. The first kappa shape index (κ1) is 18.7.